The third-order valence-corrected chi connectivity index (χ3v) is 12.2. The van der Waals surface area contributed by atoms with E-state index in [1.807, 2.05) is 0 Å². The summed E-state index contributed by atoms with van der Waals surface area (Å²) in [6, 6.07) is 0. The summed E-state index contributed by atoms with van der Waals surface area (Å²) in [6.45, 7) is 6.61. The molecule has 6 nitrogen and oxygen atoms in total. The lowest BCUT2D eigenvalue weighted by atomic mass is 10.0. The lowest BCUT2D eigenvalue weighted by Gasteiger charge is -2.18. The van der Waals surface area contributed by atoms with Crippen molar-refractivity contribution in [3.63, 3.8) is 0 Å². The minimum Gasteiger partial charge on any atom is -0.462 e. The number of carbonyl (C=O) groups is 3. The van der Waals surface area contributed by atoms with E-state index in [-0.39, 0.29) is 44.0 Å². The summed E-state index contributed by atoms with van der Waals surface area (Å²) in [5, 5.41) is 0. The van der Waals surface area contributed by atoms with Crippen molar-refractivity contribution in [1.29, 1.82) is 0 Å². The number of unbranched alkanes of at least 4 members (excludes halogenated alkanes) is 35. The van der Waals surface area contributed by atoms with Gasteiger partial charge >= 0.3 is 17.9 Å². The first kappa shape index (κ1) is 59.9. The number of allylic oxidation sites excluding steroid dienone is 4. The van der Waals surface area contributed by atoms with E-state index in [9.17, 15) is 14.4 Å². The third-order valence-electron chi connectivity index (χ3n) is 12.2. The lowest BCUT2D eigenvalue weighted by molar-refractivity contribution is -0.166. The molecule has 0 aliphatic carbocycles. The molecule has 0 aromatic heterocycles. The standard InChI is InChI=1S/C56H104O6/c1-4-7-10-13-16-19-22-25-28-31-34-37-40-43-46-49-55(58)61-52-53(51-60-54(57)48-45-42-39-36-33-30-27-24-21-18-15-12-9-6-3)62-56(59)50-47-44-41-38-35-32-29-26-23-20-17-14-11-8-5-2/h40-41,43-44,53H,4-39,42,45-52H2,1-3H3/b43-40-,44-41-. The van der Waals surface area contributed by atoms with E-state index in [1.165, 1.54) is 212 Å². The SMILES string of the molecule is CCCCCCCCCCCCC/C=C\CCC(=O)OCC(COC(=O)CCCCCCCCCCCCCCCC)OC(=O)CC/C=C\CCCCCCCCCCCCC. The zero-order valence-corrected chi connectivity index (χ0v) is 41.7. The van der Waals surface area contributed by atoms with Crippen LogP contribution in [0.5, 0.6) is 0 Å². The van der Waals surface area contributed by atoms with Gasteiger partial charge in [0, 0.05) is 19.3 Å². The van der Waals surface area contributed by atoms with E-state index < -0.39 is 6.10 Å². The molecule has 1 atom stereocenters. The van der Waals surface area contributed by atoms with Crippen molar-refractivity contribution >= 4 is 17.9 Å². The molecule has 0 fully saturated rings. The molecule has 0 aliphatic heterocycles. The number of hydrogen-bond acceptors (Lipinski definition) is 6. The number of esters is 3. The van der Waals surface area contributed by atoms with Gasteiger partial charge in [-0.3, -0.25) is 14.4 Å². The Labute approximate surface area is 385 Å². The van der Waals surface area contributed by atoms with Gasteiger partial charge in [-0.1, -0.05) is 257 Å². The highest BCUT2D eigenvalue weighted by Crippen LogP contribution is 2.16. The molecule has 0 bridgehead atoms. The molecule has 0 aromatic rings. The minimum absolute atomic E-state index is 0.0932. The summed E-state index contributed by atoms with van der Waals surface area (Å²) in [6.07, 6.45) is 59.0. The van der Waals surface area contributed by atoms with Crippen LogP contribution in [0, 0.1) is 0 Å². The van der Waals surface area contributed by atoms with E-state index in [1.54, 1.807) is 0 Å². The Kier molecular flexibility index (Phi) is 49.8. The summed E-state index contributed by atoms with van der Waals surface area (Å²) in [5.41, 5.74) is 0. The second-order valence-electron chi connectivity index (χ2n) is 18.5. The predicted octanol–water partition coefficient (Wildman–Crippen LogP) is 17.9. The average molecular weight is 873 g/mol. The topological polar surface area (TPSA) is 78.9 Å². The summed E-state index contributed by atoms with van der Waals surface area (Å²) in [4.78, 5) is 38.0. The van der Waals surface area contributed by atoms with Crippen molar-refractivity contribution in [2.75, 3.05) is 13.2 Å². The molecule has 0 aromatic carbocycles. The molecule has 364 valence electrons. The van der Waals surface area contributed by atoms with Crippen molar-refractivity contribution in [2.24, 2.45) is 0 Å². The highest BCUT2D eigenvalue weighted by Gasteiger charge is 2.19. The fourth-order valence-electron chi connectivity index (χ4n) is 8.07. The van der Waals surface area contributed by atoms with Crippen molar-refractivity contribution in [2.45, 2.75) is 303 Å². The molecule has 0 saturated heterocycles. The highest BCUT2D eigenvalue weighted by atomic mass is 16.6. The van der Waals surface area contributed by atoms with Crippen molar-refractivity contribution < 1.29 is 28.6 Å². The Morgan fingerprint density at radius 3 is 0.903 bits per heavy atom. The molecule has 62 heavy (non-hydrogen) atoms. The first-order valence-electron chi connectivity index (χ1n) is 27.3. The van der Waals surface area contributed by atoms with Crippen LogP contribution >= 0.6 is 0 Å². The maximum atomic E-state index is 12.8. The molecule has 1 unspecified atom stereocenters. The molecular weight excluding hydrogens is 769 g/mol. The van der Waals surface area contributed by atoms with Crippen LogP contribution in [0.2, 0.25) is 0 Å². The predicted molar refractivity (Wildman–Crippen MR) is 266 cm³/mol. The van der Waals surface area contributed by atoms with Gasteiger partial charge in [0.15, 0.2) is 6.10 Å². The first-order chi connectivity index (χ1) is 30.5. The van der Waals surface area contributed by atoms with E-state index in [0.717, 1.165) is 32.1 Å². The third kappa shape index (κ3) is 48.9. The van der Waals surface area contributed by atoms with Crippen LogP contribution in [0.4, 0.5) is 0 Å². The fourth-order valence-corrected chi connectivity index (χ4v) is 8.07. The van der Waals surface area contributed by atoms with E-state index in [4.69, 9.17) is 14.2 Å². The van der Waals surface area contributed by atoms with E-state index in [0.29, 0.717) is 19.3 Å². The van der Waals surface area contributed by atoms with Gasteiger partial charge < -0.3 is 14.2 Å². The van der Waals surface area contributed by atoms with Gasteiger partial charge in [0.25, 0.3) is 0 Å². The Bertz CT molecular complexity index is 1000. The van der Waals surface area contributed by atoms with Crippen LogP contribution in [-0.4, -0.2) is 37.2 Å². The van der Waals surface area contributed by atoms with Gasteiger partial charge in [0.05, 0.1) is 0 Å². The van der Waals surface area contributed by atoms with Crippen LogP contribution < -0.4 is 0 Å². The Balaban J connectivity index is 4.40. The van der Waals surface area contributed by atoms with Crippen molar-refractivity contribution in [3.8, 4) is 0 Å². The van der Waals surface area contributed by atoms with E-state index in [2.05, 4.69) is 45.1 Å². The quantitative estimate of drug-likeness (QED) is 0.0262. The van der Waals surface area contributed by atoms with Crippen molar-refractivity contribution in [3.05, 3.63) is 24.3 Å². The van der Waals surface area contributed by atoms with Crippen LogP contribution in [0.3, 0.4) is 0 Å². The normalized spacial score (nSPS) is 12.1. The summed E-state index contributed by atoms with van der Waals surface area (Å²) in [7, 11) is 0. The lowest BCUT2D eigenvalue weighted by Crippen LogP contribution is -2.30. The highest BCUT2D eigenvalue weighted by molar-refractivity contribution is 5.71. The van der Waals surface area contributed by atoms with Crippen LogP contribution in [0.1, 0.15) is 297 Å². The smallest absolute Gasteiger partial charge is 0.306 e. The van der Waals surface area contributed by atoms with Crippen LogP contribution in [0.25, 0.3) is 0 Å². The molecule has 0 rings (SSSR count). The number of carbonyl (C=O) groups excluding carboxylic acids is 3. The molecular formula is C56H104O6. The first-order valence-corrected chi connectivity index (χ1v) is 27.3. The molecule has 0 aliphatic rings. The zero-order chi connectivity index (χ0) is 45.1. The Hall–Kier alpha value is -2.11. The van der Waals surface area contributed by atoms with Gasteiger partial charge in [-0.25, -0.2) is 0 Å². The molecule has 0 N–H and O–H groups in total. The molecule has 0 radical (unpaired) electrons. The molecule has 0 saturated carbocycles. The largest absolute Gasteiger partial charge is 0.462 e. The second-order valence-corrected chi connectivity index (χ2v) is 18.5. The van der Waals surface area contributed by atoms with Crippen molar-refractivity contribution in [1.82, 2.24) is 0 Å². The Morgan fingerprint density at radius 2 is 0.565 bits per heavy atom. The minimum atomic E-state index is -0.802. The van der Waals surface area contributed by atoms with Gasteiger partial charge in [0.2, 0.25) is 0 Å². The summed E-state index contributed by atoms with van der Waals surface area (Å²) >= 11 is 0. The van der Waals surface area contributed by atoms with Crippen LogP contribution in [-0.2, 0) is 28.6 Å². The monoisotopic (exact) mass is 873 g/mol. The molecule has 0 heterocycles. The molecule has 6 heteroatoms. The molecule has 0 spiro atoms. The van der Waals surface area contributed by atoms with Gasteiger partial charge in [-0.2, -0.15) is 0 Å². The maximum absolute atomic E-state index is 12.8. The Morgan fingerprint density at radius 1 is 0.306 bits per heavy atom. The number of hydrogen-bond donors (Lipinski definition) is 0. The van der Waals surface area contributed by atoms with Gasteiger partial charge in [-0.15, -0.1) is 0 Å². The number of rotatable bonds is 50. The number of ether oxygens (including phenoxy) is 3. The van der Waals surface area contributed by atoms with Gasteiger partial charge in [0.1, 0.15) is 13.2 Å². The summed E-state index contributed by atoms with van der Waals surface area (Å²) < 4.78 is 16.7. The molecule has 0 amide bonds. The average Bonchev–Trinajstić information content (AvgIpc) is 3.27. The fraction of sp³-hybridized carbons (Fsp3) is 0.875. The van der Waals surface area contributed by atoms with E-state index >= 15 is 0 Å². The maximum Gasteiger partial charge on any atom is 0.306 e. The summed E-state index contributed by atoms with van der Waals surface area (Å²) in [5.74, 6) is -0.979. The van der Waals surface area contributed by atoms with Gasteiger partial charge in [-0.05, 0) is 44.9 Å². The zero-order valence-electron chi connectivity index (χ0n) is 41.7. The van der Waals surface area contributed by atoms with Crippen LogP contribution in [0.15, 0.2) is 24.3 Å². The second kappa shape index (κ2) is 51.5.